The fourth-order valence-electron chi connectivity index (χ4n) is 0.839. The summed E-state index contributed by atoms with van der Waals surface area (Å²) in [5.41, 5.74) is 0. The molecule has 0 N–H and O–H groups in total. The lowest BCUT2D eigenvalue weighted by atomic mass is 10.2. The Morgan fingerprint density at radius 1 is 1.67 bits per heavy atom. The van der Waals surface area contributed by atoms with Crippen molar-refractivity contribution in [3.63, 3.8) is 0 Å². The molecule has 0 aromatic carbocycles. The molecule has 0 aliphatic heterocycles. The molecule has 2 nitrogen and oxygen atoms in total. The molecular weight excluding hydrogens is 190 g/mol. The van der Waals surface area contributed by atoms with Gasteiger partial charge in [-0.1, -0.05) is 0 Å². The van der Waals surface area contributed by atoms with Gasteiger partial charge in [0.05, 0.1) is 5.75 Å². The fourth-order valence-corrected chi connectivity index (χ4v) is 1.64. The minimum atomic E-state index is 0.104. The first-order valence-corrected chi connectivity index (χ1v) is 6.01. The number of carbonyl (C=O) groups excluding carboxylic acids is 1. The van der Waals surface area contributed by atoms with Gasteiger partial charge in [0.15, 0.2) is 0 Å². The normalized spacial score (nSPS) is 12.7. The zero-order chi connectivity index (χ0) is 9.56. The summed E-state index contributed by atoms with van der Waals surface area (Å²) in [6, 6.07) is 0.331. The van der Waals surface area contributed by atoms with Crippen molar-refractivity contribution >= 4 is 30.3 Å². The van der Waals surface area contributed by atoms with Gasteiger partial charge in [0.25, 0.3) is 0 Å². The summed E-state index contributed by atoms with van der Waals surface area (Å²) < 4.78 is 0. The molecule has 0 heterocycles. The third kappa shape index (κ3) is 4.26. The van der Waals surface area contributed by atoms with Crippen LogP contribution >= 0.6 is 24.4 Å². The number of carbonyl (C=O) groups is 1. The molecule has 4 heteroatoms. The fraction of sp³-hybridized carbons (Fsp3) is 0.875. The third-order valence-corrected chi connectivity index (χ3v) is 2.84. The molecule has 72 valence electrons. The minimum Gasteiger partial charge on any atom is -0.342 e. The van der Waals surface area contributed by atoms with Crippen LogP contribution in [0, 0.1) is 0 Å². The standard InChI is InChI=1S/C8H17NOS2/c1-7(4-5-12-3)9(2)8(10)6-11/h7,11H,4-6H2,1-3H3. The van der Waals surface area contributed by atoms with Gasteiger partial charge < -0.3 is 4.90 Å². The topological polar surface area (TPSA) is 20.3 Å². The Hall–Kier alpha value is 0.170. The summed E-state index contributed by atoms with van der Waals surface area (Å²) in [7, 11) is 1.84. The number of nitrogens with zero attached hydrogens (tertiary/aromatic N) is 1. The zero-order valence-electron chi connectivity index (χ0n) is 7.91. The van der Waals surface area contributed by atoms with Crippen LogP contribution in [0.1, 0.15) is 13.3 Å². The molecule has 0 aromatic rings. The Morgan fingerprint density at radius 2 is 2.25 bits per heavy atom. The number of thiol groups is 1. The van der Waals surface area contributed by atoms with Crippen molar-refractivity contribution in [3.8, 4) is 0 Å². The molecule has 1 atom stereocenters. The number of hydrogen-bond acceptors (Lipinski definition) is 3. The maximum atomic E-state index is 11.2. The van der Waals surface area contributed by atoms with E-state index in [2.05, 4.69) is 25.8 Å². The van der Waals surface area contributed by atoms with E-state index in [0.29, 0.717) is 11.8 Å². The molecule has 0 aliphatic rings. The average Bonchev–Trinajstić information content (AvgIpc) is 2.11. The summed E-state index contributed by atoms with van der Waals surface area (Å²) >= 11 is 5.75. The summed E-state index contributed by atoms with van der Waals surface area (Å²) in [6.07, 6.45) is 3.13. The summed E-state index contributed by atoms with van der Waals surface area (Å²) in [5.74, 6) is 1.51. The molecule has 0 fully saturated rings. The van der Waals surface area contributed by atoms with E-state index in [9.17, 15) is 4.79 Å². The van der Waals surface area contributed by atoms with Crippen molar-refractivity contribution in [2.24, 2.45) is 0 Å². The Bertz CT molecular complexity index is 141. The van der Waals surface area contributed by atoms with Crippen molar-refractivity contribution in [3.05, 3.63) is 0 Å². The maximum absolute atomic E-state index is 11.2. The van der Waals surface area contributed by atoms with E-state index in [1.54, 1.807) is 4.90 Å². The second-order valence-electron chi connectivity index (χ2n) is 2.79. The molecule has 0 saturated heterocycles. The van der Waals surface area contributed by atoms with Crippen LogP contribution in [0.15, 0.2) is 0 Å². The molecular formula is C8H17NOS2. The molecule has 0 spiro atoms. The molecule has 0 bridgehead atoms. The van der Waals surface area contributed by atoms with E-state index < -0.39 is 0 Å². The molecule has 0 rings (SSSR count). The van der Waals surface area contributed by atoms with Crippen LogP contribution in [0.2, 0.25) is 0 Å². The van der Waals surface area contributed by atoms with E-state index in [0.717, 1.165) is 12.2 Å². The largest absolute Gasteiger partial charge is 0.342 e. The second-order valence-corrected chi connectivity index (χ2v) is 4.10. The summed E-state index contributed by atoms with van der Waals surface area (Å²) in [4.78, 5) is 12.9. The van der Waals surface area contributed by atoms with Gasteiger partial charge in [0, 0.05) is 13.1 Å². The first kappa shape index (κ1) is 12.2. The van der Waals surface area contributed by atoms with Crippen molar-refractivity contribution in [1.29, 1.82) is 0 Å². The molecule has 0 radical (unpaired) electrons. The van der Waals surface area contributed by atoms with E-state index in [4.69, 9.17) is 0 Å². The van der Waals surface area contributed by atoms with Crippen molar-refractivity contribution in [1.82, 2.24) is 4.90 Å². The quantitative estimate of drug-likeness (QED) is 0.690. The van der Waals surface area contributed by atoms with Crippen LogP contribution in [0.5, 0.6) is 0 Å². The van der Waals surface area contributed by atoms with Crippen LogP contribution in [-0.2, 0) is 4.79 Å². The smallest absolute Gasteiger partial charge is 0.232 e. The highest BCUT2D eigenvalue weighted by Gasteiger charge is 2.12. The number of hydrogen-bond donors (Lipinski definition) is 1. The predicted molar refractivity (Wildman–Crippen MR) is 59.1 cm³/mol. The van der Waals surface area contributed by atoms with Crippen LogP contribution in [0.25, 0.3) is 0 Å². The lowest BCUT2D eigenvalue weighted by molar-refractivity contribution is -0.128. The van der Waals surface area contributed by atoms with E-state index in [-0.39, 0.29) is 5.91 Å². The summed E-state index contributed by atoms with van der Waals surface area (Å²) in [6.45, 7) is 2.07. The van der Waals surface area contributed by atoms with Crippen LogP contribution in [0.4, 0.5) is 0 Å². The maximum Gasteiger partial charge on any atom is 0.232 e. The van der Waals surface area contributed by atoms with Gasteiger partial charge in [-0.3, -0.25) is 4.79 Å². The zero-order valence-corrected chi connectivity index (χ0v) is 9.62. The van der Waals surface area contributed by atoms with Gasteiger partial charge in [-0.15, -0.1) is 0 Å². The Balaban J connectivity index is 3.75. The molecule has 0 aliphatic carbocycles. The SMILES string of the molecule is CSCCC(C)N(C)C(=O)CS. The van der Waals surface area contributed by atoms with E-state index in [1.807, 2.05) is 18.8 Å². The molecule has 0 aromatic heterocycles. The predicted octanol–water partition coefficient (Wildman–Crippen LogP) is 1.52. The van der Waals surface area contributed by atoms with Crippen molar-refractivity contribution in [2.75, 3.05) is 24.8 Å². The summed E-state index contributed by atoms with van der Waals surface area (Å²) in [5, 5.41) is 0. The van der Waals surface area contributed by atoms with Crippen molar-refractivity contribution < 1.29 is 4.79 Å². The van der Waals surface area contributed by atoms with Gasteiger partial charge in [0.1, 0.15) is 0 Å². The highest BCUT2D eigenvalue weighted by atomic mass is 32.2. The van der Waals surface area contributed by atoms with Gasteiger partial charge >= 0.3 is 0 Å². The van der Waals surface area contributed by atoms with Crippen LogP contribution in [-0.4, -0.2) is 41.7 Å². The molecule has 12 heavy (non-hydrogen) atoms. The Kier molecular flexibility index (Phi) is 6.76. The number of rotatable bonds is 5. The Labute approximate surface area is 84.5 Å². The lowest BCUT2D eigenvalue weighted by Crippen LogP contribution is -2.36. The first-order valence-electron chi connectivity index (χ1n) is 3.99. The van der Waals surface area contributed by atoms with E-state index >= 15 is 0 Å². The van der Waals surface area contributed by atoms with Gasteiger partial charge in [-0.2, -0.15) is 24.4 Å². The Morgan fingerprint density at radius 3 is 2.67 bits per heavy atom. The van der Waals surface area contributed by atoms with Crippen LogP contribution in [0.3, 0.4) is 0 Å². The molecule has 1 unspecified atom stereocenters. The number of amides is 1. The van der Waals surface area contributed by atoms with Crippen molar-refractivity contribution in [2.45, 2.75) is 19.4 Å². The molecule has 1 amide bonds. The second kappa shape index (κ2) is 6.66. The van der Waals surface area contributed by atoms with E-state index in [1.165, 1.54) is 0 Å². The third-order valence-electron chi connectivity index (χ3n) is 1.93. The number of thioether (sulfide) groups is 1. The van der Waals surface area contributed by atoms with Gasteiger partial charge in [-0.25, -0.2) is 0 Å². The highest BCUT2D eigenvalue weighted by Crippen LogP contribution is 2.06. The lowest BCUT2D eigenvalue weighted by Gasteiger charge is -2.23. The molecule has 0 saturated carbocycles. The highest BCUT2D eigenvalue weighted by molar-refractivity contribution is 7.98. The van der Waals surface area contributed by atoms with Gasteiger partial charge in [0.2, 0.25) is 5.91 Å². The first-order chi connectivity index (χ1) is 5.63. The van der Waals surface area contributed by atoms with Gasteiger partial charge in [-0.05, 0) is 25.4 Å². The minimum absolute atomic E-state index is 0.104. The monoisotopic (exact) mass is 207 g/mol. The van der Waals surface area contributed by atoms with Crippen LogP contribution < -0.4 is 0 Å². The average molecular weight is 207 g/mol.